The molecular weight excluding hydrogens is 288 g/mol. The van der Waals surface area contributed by atoms with Gasteiger partial charge >= 0.3 is 0 Å². The maximum atomic E-state index is 5.99. The molecule has 0 aromatic rings. The van der Waals surface area contributed by atoms with Crippen molar-refractivity contribution in [3.8, 4) is 0 Å². The van der Waals surface area contributed by atoms with Gasteiger partial charge in [-0.1, -0.05) is 51.5 Å². The molecule has 1 unspecified atom stereocenters. The number of unbranched alkanes of at least 4 members (excludes halogenated alkanes) is 5. The second-order valence-corrected chi connectivity index (χ2v) is 6.02. The van der Waals surface area contributed by atoms with E-state index in [2.05, 4.69) is 13.5 Å². The summed E-state index contributed by atoms with van der Waals surface area (Å²) in [5.41, 5.74) is 0. The highest BCUT2D eigenvalue weighted by Crippen LogP contribution is 2.34. The lowest BCUT2D eigenvalue weighted by Gasteiger charge is -2.39. The van der Waals surface area contributed by atoms with Crippen molar-refractivity contribution in [1.82, 2.24) is 0 Å². The van der Waals surface area contributed by atoms with Gasteiger partial charge in [-0.2, -0.15) is 0 Å². The number of hydrogen-bond acceptors (Lipinski definition) is 3. The Morgan fingerprint density at radius 1 is 0.783 bits per heavy atom. The van der Waals surface area contributed by atoms with E-state index >= 15 is 0 Å². The molecule has 0 aliphatic rings. The molecule has 0 N–H and O–H groups in total. The lowest BCUT2D eigenvalue weighted by Crippen LogP contribution is -2.46. The van der Waals surface area contributed by atoms with Crippen LogP contribution in [0.2, 0.25) is 0 Å². The van der Waals surface area contributed by atoms with Crippen molar-refractivity contribution in [2.75, 3.05) is 19.8 Å². The van der Waals surface area contributed by atoms with Crippen molar-refractivity contribution in [2.24, 2.45) is 5.92 Å². The predicted molar refractivity (Wildman–Crippen MR) is 98.5 cm³/mol. The maximum Gasteiger partial charge on any atom is 0.285 e. The summed E-state index contributed by atoms with van der Waals surface area (Å²) in [5, 5.41) is 0. The average Bonchev–Trinajstić information content (AvgIpc) is 2.54. The van der Waals surface area contributed by atoms with Crippen molar-refractivity contribution < 1.29 is 14.2 Å². The quantitative estimate of drug-likeness (QED) is 0.184. The minimum Gasteiger partial charge on any atom is -0.328 e. The molecule has 0 fully saturated rings. The highest BCUT2D eigenvalue weighted by molar-refractivity contribution is 4.77. The molecule has 0 aromatic heterocycles. The second kappa shape index (κ2) is 15.2. The molecule has 0 rings (SSSR count). The molecule has 0 aromatic carbocycles. The monoisotopic (exact) mass is 328 g/mol. The van der Waals surface area contributed by atoms with Gasteiger partial charge in [0.2, 0.25) is 0 Å². The fourth-order valence-electron chi connectivity index (χ4n) is 3.07. The summed E-state index contributed by atoms with van der Waals surface area (Å²) in [5.74, 6) is -0.628. The van der Waals surface area contributed by atoms with E-state index in [1.165, 1.54) is 38.5 Å². The van der Waals surface area contributed by atoms with E-state index in [0.29, 0.717) is 19.8 Å². The lowest BCUT2D eigenvalue weighted by molar-refractivity contribution is -0.403. The van der Waals surface area contributed by atoms with E-state index in [0.717, 1.165) is 19.3 Å². The van der Waals surface area contributed by atoms with Crippen LogP contribution in [0.3, 0.4) is 0 Å². The smallest absolute Gasteiger partial charge is 0.285 e. The molecule has 0 aliphatic heterocycles. The summed E-state index contributed by atoms with van der Waals surface area (Å²) < 4.78 is 18.0. The van der Waals surface area contributed by atoms with E-state index in [1.54, 1.807) is 0 Å². The first-order valence-electron chi connectivity index (χ1n) is 9.73. The van der Waals surface area contributed by atoms with Crippen LogP contribution >= 0.6 is 0 Å². The standard InChI is InChI=1S/C20H40O3/c1-6-11-13-14-15-16-18-19(17-12-7-2)20(21-8-3,22-9-4)23-10-5/h7,19H,2,6,8-18H2,1,3-5H3. The van der Waals surface area contributed by atoms with Crippen LogP contribution in [0, 0.1) is 5.92 Å². The van der Waals surface area contributed by atoms with E-state index in [9.17, 15) is 0 Å². The van der Waals surface area contributed by atoms with Crippen molar-refractivity contribution in [1.29, 1.82) is 0 Å². The van der Waals surface area contributed by atoms with E-state index in [1.807, 2.05) is 26.8 Å². The van der Waals surface area contributed by atoms with Crippen LogP contribution in [0.4, 0.5) is 0 Å². The summed E-state index contributed by atoms with van der Waals surface area (Å²) in [6, 6.07) is 0. The average molecular weight is 329 g/mol. The van der Waals surface area contributed by atoms with Gasteiger partial charge in [0, 0.05) is 25.7 Å². The van der Waals surface area contributed by atoms with Gasteiger partial charge in [0.25, 0.3) is 5.97 Å². The first kappa shape index (κ1) is 22.6. The fraction of sp³-hybridized carbons (Fsp3) is 0.900. The molecular formula is C20H40O3. The van der Waals surface area contributed by atoms with Crippen LogP contribution in [0.1, 0.15) is 85.5 Å². The Bertz CT molecular complexity index is 249. The molecule has 0 saturated carbocycles. The van der Waals surface area contributed by atoms with Crippen LogP contribution in [0.15, 0.2) is 12.7 Å². The molecule has 3 nitrogen and oxygen atoms in total. The maximum absolute atomic E-state index is 5.99. The molecule has 0 aliphatic carbocycles. The first-order valence-corrected chi connectivity index (χ1v) is 9.73. The van der Waals surface area contributed by atoms with Crippen molar-refractivity contribution in [3.63, 3.8) is 0 Å². The SMILES string of the molecule is C=CCCC(CCCCCCCC)C(OCC)(OCC)OCC. The molecule has 0 spiro atoms. The van der Waals surface area contributed by atoms with Gasteiger partial charge in [0.15, 0.2) is 0 Å². The Morgan fingerprint density at radius 2 is 1.30 bits per heavy atom. The molecule has 0 amide bonds. The zero-order chi connectivity index (χ0) is 17.4. The minimum absolute atomic E-state index is 0.256. The molecule has 3 heteroatoms. The minimum atomic E-state index is -0.884. The Hall–Kier alpha value is -0.380. The van der Waals surface area contributed by atoms with E-state index in [-0.39, 0.29) is 5.92 Å². The van der Waals surface area contributed by atoms with Gasteiger partial charge in [0.05, 0.1) is 0 Å². The summed E-state index contributed by atoms with van der Waals surface area (Å²) in [6.45, 7) is 13.9. The summed E-state index contributed by atoms with van der Waals surface area (Å²) >= 11 is 0. The van der Waals surface area contributed by atoms with E-state index in [4.69, 9.17) is 14.2 Å². The Labute approximate surface area is 144 Å². The number of allylic oxidation sites excluding steroid dienone is 1. The van der Waals surface area contributed by atoms with Crippen molar-refractivity contribution >= 4 is 0 Å². The van der Waals surface area contributed by atoms with Gasteiger partial charge in [-0.3, -0.25) is 0 Å². The highest BCUT2D eigenvalue weighted by atomic mass is 16.9. The van der Waals surface area contributed by atoms with Crippen LogP contribution in [-0.2, 0) is 14.2 Å². The molecule has 0 heterocycles. The summed E-state index contributed by atoms with van der Waals surface area (Å²) in [7, 11) is 0. The highest BCUT2D eigenvalue weighted by Gasteiger charge is 2.41. The van der Waals surface area contributed by atoms with Crippen molar-refractivity contribution in [3.05, 3.63) is 12.7 Å². The van der Waals surface area contributed by atoms with Gasteiger partial charge in [-0.25, -0.2) is 0 Å². The second-order valence-electron chi connectivity index (χ2n) is 6.02. The fourth-order valence-corrected chi connectivity index (χ4v) is 3.07. The largest absolute Gasteiger partial charge is 0.328 e. The van der Waals surface area contributed by atoms with Gasteiger partial charge in [-0.15, -0.1) is 6.58 Å². The van der Waals surface area contributed by atoms with Crippen LogP contribution in [-0.4, -0.2) is 25.8 Å². The molecule has 1 atom stereocenters. The molecule has 0 radical (unpaired) electrons. The van der Waals surface area contributed by atoms with Crippen molar-refractivity contribution in [2.45, 2.75) is 91.5 Å². The molecule has 138 valence electrons. The first-order chi connectivity index (χ1) is 11.2. The summed E-state index contributed by atoms with van der Waals surface area (Å²) in [6.07, 6.45) is 12.8. The van der Waals surface area contributed by atoms with Crippen LogP contribution in [0.25, 0.3) is 0 Å². The normalized spacial score (nSPS) is 13.2. The predicted octanol–water partition coefficient (Wildman–Crippen LogP) is 6.08. The third kappa shape index (κ3) is 9.49. The Balaban J connectivity index is 4.71. The molecule has 23 heavy (non-hydrogen) atoms. The Morgan fingerprint density at radius 3 is 1.78 bits per heavy atom. The van der Waals surface area contributed by atoms with Crippen LogP contribution < -0.4 is 0 Å². The number of rotatable bonds is 17. The topological polar surface area (TPSA) is 27.7 Å². The number of ether oxygens (including phenoxy) is 3. The van der Waals surface area contributed by atoms with Crippen LogP contribution in [0.5, 0.6) is 0 Å². The molecule has 0 bridgehead atoms. The third-order valence-electron chi connectivity index (χ3n) is 4.16. The lowest BCUT2D eigenvalue weighted by atomic mass is 9.93. The van der Waals surface area contributed by atoms with E-state index < -0.39 is 5.97 Å². The Kier molecular flexibility index (Phi) is 14.9. The zero-order valence-electron chi connectivity index (χ0n) is 16.1. The van der Waals surface area contributed by atoms with Gasteiger partial charge in [-0.05, 0) is 40.0 Å². The third-order valence-corrected chi connectivity index (χ3v) is 4.16. The molecule has 0 saturated heterocycles. The van der Waals surface area contributed by atoms with Gasteiger partial charge in [0.1, 0.15) is 0 Å². The van der Waals surface area contributed by atoms with Gasteiger partial charge < -0.3 is 14.2 Å². The number of hydrogen-bond donors (Lipinski definition) is 0. The zero-order valence-corrected chi connectivity index (χ0v) is 16.1. The summed E-state index contributed by atoms with van der Waals surface area (Å²) in [4.78, 5) is 0.